The Morgan fingerprint density at radius 1 is 1.50 bits per heavy atom. The number of ether oxygens (including phenoxy) is 2. The number of carbonyl (C=O) groups excluding carboxylic acids is 3. The molecule has 5 heteroatoms. The maximum atomic E-state index is 11.1. The van der Waals surface area contributed by atoms with Gasteiger partial charge in [0, 0.05) is 12.3 Å². The molecule has 1 aliphatic rings. The Labute approximate surface area is 81.4 Å². The van der Waals surface area contributed by atoms with Gasteiger partial charge in [0.2, 0.25) is 11.9 Å². The predicted octanol–water partition coefficient (Wildman–Crippen LogP) is 0.0702. The highest BCUT2D eigenvalue weighted by atomic mass is 16.6. The van der Waals surface area contributed by atoms with Gasteiger partial charge >= 0.3 is 11.9 Å². The van der Waals surface area contributed by atoms with Gasteiger partial charge in [-0.25, -0.2) is 9.59 Å². The van der Waals surface area contributed by atoms with Crippen molar-refractivity contribution < 1.29 is 23.9 Å². The molecular formula is C9H12O5. The number of ketones is 1. The fraction of sp³-hybridized carbons (Fsp3) is 0.667. The van der Waals surface area contributed by atoms with Crippen molar-refractivity contribution in [2.45, 2.75) is 26.9 Å². The third-order valence-electron chi connectivity index (χ3n) is 2.02. The molecule has 78 valence electrons. The van der Waals surface area contributed by atoms with E-state index in [-0.39, 0.29) is 6.61 Å². The minimum absolute atomic E-state index is 0.196. The van der Waals surface area contributed by atoms with Crippen LogP contribution in [0.4, 0.5) is 0 Å². The smallest absolute Gasteiger partial charge is 0.375 e. The van der Waals surface area contributed by atoms with Crippen LogP contribution in [-0.4, -0.2) is 30.4 Å². The van der Waals surface area contributed by atoms with E-state index in [0.29, 0.717) is 0 Å². The van der Waals surface area contributed by atoms with Crippen molar-refractivity contribution in [2.24, 2.45) is 5.41 Å². The van der Waals surface area contributed by atoms with Gasteiger partial charge in [-0.15, -0.1) is 0 Å². The molecule has 0 unspecified atom stereocenters. The van der Waals surface area contributed by atoms with E-state index in [9.17, 15) is 14.4 Å². The zero-order valence-corrected chi connectivity index (χ0v) is 8.33. The van der Waals surface area contributed by atoms with E-state index in [1.54, 1.807) is 13.8 Å². The predicted molar refractivity (Wildman–Crippen MR) is 45.3 cm³/mol. The van der Waals surface area contributed by atoms with Gasteiger partial charge in [0.1, 0.15) is 6.61 Å². The first-order valence-corrected chi connectivity index (χ1v) is 4.23. The Hall–Kier alpha value is -1.39. The van der Waals surface area contributed by atoms with Crippen molar-refractivity contribution in [3.8, 4) is 0 Å². The topological polar surface area (TPSA) is 69.7 Å². The first kappa shape index (κ1) is 10.7. The van der Waals surface area contributed by atoms with Crippen molar-refractivity contribution in [1.29, 1.82) is 0 Å². The molecule has 14 heavy (non-hydrogen) atoms. The molecule has 0 aliphatic carbocycles. The summed E-state index contributed by atoms with van der Waals surface area (Å²) in [5.41, 5.74) is -0.567. The average molecular weight is 200 g/mol. The second-order valence-electron chi connectivity index (χ2n) is 3.94. The average Bonchev–Trinajstić information content (AvgIpc) is 2.31. The highest BCUT2D eigenvalue weighted by molar-refractivity contribution is 6.32. The van der Waals surface area contributed by atoms with Crippen molar-refractivity contribution in [3.05, 3.63) is 0 Å². The van der Waals surface area contributed by atoms with Gasteiger partial charge in [-0.1, -0.05) is 13.8 Å². The van der Waals surface area contributed by atoms with Crippen LogP contribution in [0.1, 0.15) is 20.8 Å². The standard InChI is InChI=1S/C9H12O5/c1-5(10)7(11)14-6-8(12)13-4-9(6,2)3/h6H,4H2,1-3H3/t6-/m1/s1. The Morgan fingerprint density at radius 3 is 2.43 bits per heavy atom. The second kappa shape index (κ2) is 3.40. The lowest BCUT2D eigenvalue weighted by Gasteiger charge is -2.20. The molecule has 0 N–H and O–H groups in total. The molecular weight excluding hydrogens is 188 g/mol. The summed E-state index contributed by atoms with van der Waals surface area (Å²) in [6.45, 7) is 4.75. The van der Waals surface area contributed by atoms with Gasteiger partial charge < -0.3 is 9.47 Å². The van der Waals surface area contributed by atoms with E-state index in [1.165, 1.54) is 0 Å². The van der Waals surface area contributed by atoms with E-state index in [1.807, 2.05) is 0 Å². The lowest BCUT2D eigenvalue weighted by molar-refractivity contribution is -0.166. The van der Waals surface area contributed by atoms with E-state index < -0.39 is 29.2 Å². The summed E-state index contributed by atoms with van der Waals surface area (Å²) < 4.78 is 9.47. The van der Waals surface area contributed by atoms with Gasteiger partial charge in [0.05, 0.1) is 0 Å². The fourth-order valence-corrected chi connectivity index (χ4v) is 1.13. The number of hydrogen-bond acceptors (Lipinski definition) is 5. The maximum absolute atomic E-state index is 11.1. The second-order valence-corrected chi connectivity index (χ2v) is 3.94. The highest BCUT2D eigenvalue weighted by Crippen LogP contribution is 2.30. The van der Waals surface area contributed by atoms with Crippen LogP contribution in [0.3, 0.4) is 0 Å². The van der Waals surface area contributed by atoms with E-state index in [4.69, 9.17) is 9.47 Å². The third-order valence-corrected chi connectivity index (χ3v) is 2.02. The van der Waals surface area contributed by atoms with Gasteiger partial charge in [0.15, 0.2) is 0 Å². The molecule has 0 spiro atoms. The third kappa shape index (κ3) is 1.92. The van der Waals surface area contributed by atoms with Gasteiger partial charge in [0.25, 0.3) is 0 Å². The van der Waals surface area contributed by atoms with Crippen LogP contribution in [0, 0.1) is 5.41 Å². The molecule has 0 aromatic carbocycles. The SMILES string of the molecule is CC(=O)C(=O)O[C@@H]1C(=O)OCC1(C)C. The fourth-order valence-electron chi connectivity index (χ4n) is 1.13. The van der Waals surface area contributed by atoms with Crippen LogP contribution in [0.25, 0.3) is 0 Å². The Morgan fingerprint density at radius 2 is 2.07 bits per heavy atom. The molecule has 0 radical (unpaired) electrons. The number of esters is 2. The van der Waals surface area contributed by atoms with Crippen molar-refractivity contribution in [1.82, 2.24) is 0 Å². The molecule has 1 aliphatic heterocycles. The summed E-state index contributed by atoms with van der Waals surface area (Å²) in [5, 5.41) is 0. The summed E-state index contributed by atoms with van der Waals surface area (Å²) in [6.07, 6.45) is -0.973. The first-order chi connectivity index (χ1) is 6.34. The van der Waals surface area contributed by atoms with E-state index in [2.05, 4.69) is 0 Å². The molecule has 1 heterocycles. The number of cyclic esters (lactones) is 1. The van der Waals surface area contributed by atoms with Crippen molar-refractivity contribution in [2.75, 3.05) is 6.61 Å². The molecule has 0 amide bonds. The van der Waals surface area contributed by atoms with E-state index in [0.717, 1.165) is 6.92 Å². The number of hydrogen-bond donors (Lipinski definition) is 0. The van der Waals surface area contributed by atoms with Crippen LogP contribution in [0.2, 0.25) is 0 Å². The zero-order valence-electron chi connectivity index (χ0n) is 8.33. The molecule has 0 saturated carbocycles. The zero-order chi connectivity index (χ0) is 10.9. The van der Waals surface area contributed by atoms with Crippen LogP contribution in [-0.2, 0) is 23.9 Å². The molecule has 1 rings (SSSR count). The Balaban J connectivity index is 2.72. The molecule has 0 aromatic heterocycles. The first-order valence-electron chi connectivity index (χ1n) is 4.23. The largest absolute Gasteiger partial charge is 0.462 e. The summed E-state index contributed by atoms with van der Waals surface area (Å²) in [7, 11) is 0. The van der Waals surface area contributed by atoms with Crippen LogP contribution in [0.15, 0.2) is 0 Å². The van der Waals surface area contributed by atoms with Crippen molar-refractivity contribution in [3.63, 3.8) is 0 Å². The quantitative estimate of drug-likeness (QED) is 0.466. The minimum Gasteiger partial charge on any atom is -0.462 e. The maximum Gasteiger partial charge on any atom is 0.375 e. The lowest BCUT2D eigenvalue weighted by Crippen LogP contribution is -2.36. The molecule has 1 fully saturated rings. The van der Waals surface area contributed by atoms with Crippen molar-refractivity contribution >= 4 is 17.7 Å². The number of rotatable bonds is 2. The summed E-state index contributed by atoms with van der Waals surface area (Å²) in [5.74, 6) is -2.31. The Bertz CT molecular complexity index is 292. The van der Waals surface area contributed by atoms with Crippen LogP contribution < -0.4 is 0 Å². The summed E-state index contributed by atoms with van der Waals surface area (Å²) >= 11 is 0. The van der Waals surface area contributed by atoms with Crippen LogP contribution >= 0.6 is 0 Å². The number of Topliss-reactive ketones (excluding diaryl/α,β-unsaturated/α-hetero) is 1. The molecule has 1 atom stereocenters. The molecule has 1 saturated heterocycles. The van der Waals surface area contributed by atoms with Gasteiger partial charge in [-0.2, -0.15) is 0 Å². The normalized spacial score (nSPS) is 24.2. The van der Waals surface area contributed by atoms with E-state index >= 15 is 0 Å². The number of carbonyl (C=O) groups is 3. The van der Waals surface area contributed by atoms with Gasteiger partial charge in [-0.05, 0) is 0 Å². The summed E-state index contributed by atoms with van der Waals surface area (Å²) in [6, 6.07) is 0. The summed E-state index contributed by atoms with van der Waals surface area (Å²) in [4.78, 5) is 32.7. The highest BCUT2D eigenvalue weighted by Gasteiger charge is 2.46. The van der Waals surface area contributed by atoms with Gasteiger partial charge in [-0.3, -0.25) is 4.79 Å². The molecule has 5 nitrogen and oxygen atoms in total. The van der Waals surface area contributed by atoms with Crippen LogP contribution in [0.5, 0.6) is 0 Å². The monoisotopic (exact) mass is 200 g/mol. The lowest BCUT2D eigenvalue weighted by atomic mass is 9.90. The Kier molecular flexibility index (Phi) is 2.59. The minimum atomic E-state index is -0.998. The molecule has 0 bridgehead atoms. The molecule has 0 aromatic rings.